The molecule has 0 radical (unpaired) electrons. The molecule has 104 valence electrons. The Morgan fingerprint density at radius 1 is 1.45 bits per heavy atom. The highest BCUT2D eigenvalue weighted by Gasteiger charge is 2.18. The molecule has 0 saturated carbocycles. The molecule has 2 aromatic rings. The molecule has 0 fully saturated rings. The first kappa shape index (κ1) is 13.8. The van der Waals surface area contributed by atoms with Crippen molar-refractivity contribution in [2.45, 2.75) is 13.5 Å². The monoisotopic (exact) mass is 271 g/mol. The minimum Gasteiger partial charge on any atom is -0.382 e. The van der Waals surface area contributed by atoms with Crippen molar-refractivity contribution in [3.63, 3.8) is 0 Å². The highest BCUT2D eigenvalue weighted by atomic mass is 16.1. The van der Waals surface area contributed by atoms with Crippen molar-refractivity contribution in [3.05, 3.63) is 47.9 Å². The fourth-order valence-corrected chi connectivity index (χ4v) is 2.04. The normalized spacial score (nSPS) is 10.2. The van der Waals surface area contributed by atoms with Crippen molar-refractivity contribution < 1.29 is 4.79 Å². The Hall–Kier alpha value is -2.63. The molecule has 0 aliphatic heterocycles. The molecule has 0 bridgehead atoms. The number of rotatable bonds is 6. The number of carbonyl (C=O) groups is 1. The van der Waals surface area contributed by atoms with Crippen LogP contribution in [0.4, 0.5) is 5.82 Å². The molecule has 0 saturated heterocycles. The molecule has 1 amide bonds. The Morgan fingerprint density at radius 3 is 2.70 bits per heavy atom. The molecule has 0 atom stereocenters. The van der Waals surface area contributed by atoms with Gasteiger partial charge >= 0.3 is 0 Å². The summed E-state index contributed by atoms with van der Waals surface area (Å²) >= 11 is 0. The zero-order chi connectivity index (χ0) is 14.5. The summed E-state index contributed by atoms with van der Waals surface area (Å²) in [5.74, 6) is 0.408. The smallest absolute Gasteiger partial charge is 0.215 e. The number of amides is 1. The summed E-state index contributed by atoms with van der Waals surface area (Å²) < 4.78 is 1.82. The standard InChI is InChI=1S/C14H17N5O/c1-2-18(10-20)14-12(13(15)16)17-9-19(14)8-11-6-4-3-5-7-11/h3-7,9-10H,2,8H2,1H3,(H3,15,16). The summed E-state index contributed by atoms with van der Waals surface area (Å²) in [6.45, 7) is 2.92. The van der Waals surface area contributed by atoms with Crippen LogP contribution in [0.3, 0.4) is 0 Å². The van der Waals surface area contributed by atoms with Crippen molar-refractivity contribution in [2.75, 3.05) is 11.4 Å². The van der Waals surface area contributed by atoms with Gasteiger partial charge in [0, 0.05) is 6.54 Å². The average Bonchev–Trinajstić information content (AvgIpc) is 2.86. The zero-order valence-electron chi connectivity index (χ0n) is 11.3. The van der Waals surface area contributed by atoms with Crippen LogP contribution in [0.5, 0.6) is 0 Å². The van der Waals surface area contributed by atoms with E-state index in [9.17, 15) is 4.79 Å². The van der Waals surface area contributed by atoms with Crippen LogP contribution >= 0.6 is 0 Å². The van der Waals surface area contributed by atoms with Crippen LogP contribution < -0.4 is 10.6 Å². The van der Waals surface area contributed by atoms with Crippen LogP contribution in [0, 0.1) is 5.41 Å². The Kier molecular flexibility index (Phi) is 4.14. The molecule has 2 rings (SSSR count). The Labute approximate surface area is 117 Å². The van der Waals surface area contributed by atoms with E-state index >= 15 is 0 Å². The summed E-state index contributed by atoms with van der Waals surface area (Å²) in [7, 11) is 0. The Bertz CT molecular complexity index is 605. The number of carbonyl (C=O) groups excluding carboxylic acids is 1. The van der Waals surface area contributed by atoms with Crippen molar-refractivity contribution in [1.29, 1.82) is 5.41 Å². The van der Waals surface area contributed by atoms with Crippen LogP contribution in [-0.2, 0) is 11.3 Å². The van der Waals surface area contributed by atoms with Gasteiger partial charge in [0.2, 0.25) is 6.41 Å². The number of anilines is 1. The molecule has 6 nitrogen and oxygen atoms in total. The molecule has 1 heterocycles. The van der Waals surface area contributed by atoms with Crippen molar-refractivity contribution in [2.24, 2.45) is 5.73 Å². The lowest BCUT2D eigenvalue weighted by Gasteiger charge is -2.18. The SMILES string of the molecule is CCN(C=O)c1c(C(=N)N)ncn1Cc1ccccc1. The van der Waals surface area contributed by atoms with Gasteiger partial charge in [0.25, 0.3) is 0 Å². The maximum atomic E-state index is 11.2. The number of hydrogen-bond donors (Lipinski definition) is 2. The maximum absolute atomic E-state index is 11.2. The molecule has 3 N–H and O–H groups in total. The highest BCUT2D eigenvalue weighted by molar-refractivity contribution is 5.99. The predicted molar refractivity (Wildman–Crippen MR) is 77.9 cm³/mol. The van der Waals surface area contributed by atoms with Gasteiger partial charge in [-0.15, -0.1) is 0 Å². The summed E-state index contributed by atoms with van der Waals surface area (Å²) in [5.41, 5.74) is 6.95. The zero-order valence-corrected chi connectivity index (χ0v) is 11.3. The van der Waals surface area contributed by atoms with E-state index < -0.39 is 0 Å². The lowest BCUT2D eigenvalue weighted by molar-refractivity contribution is -0.107. The third-order valence-electron chi connectivity index (χ3n) is 3.00. The van der Waals surface area contributed by atoms with Gasteiger partial charge in [0.05, 0.1) is 12.9 Å². The minimum atomic E-state index is -0.146. The number of nitrogens with zero attached hydrogens (tertiary/aromatic N) is 3. The van der Waals surface area contributed by atoms with Gasteiger partial charge in [-0.2, -0.15) is 0 Å². The van der Waals surface area contributed by atoms with Gasteiger partial charge in [-0.25, -0.2) is 4.98 Å². The highest BCUT2D eigenvalue weighted by Crippen LogP contribution is 2.20. The van der Waals surface area contributed by atoms with E-state index in [0.717, 1.165) is 12.0 Å². The van der Waals surface area contributed by atoms with E-state index in [1.807, 2.05) is 41.8 Å². The van der Waals surface area contributed by atoms with E-state index in [1.165, 1.54) is 4.90 Å². The fourth-order valence-electron chi connectivity index (χ4n) is 2.04. The molecule has 20 heavy (non-hydrogen) atoms. The van der Waals surface area contributed by atoms with E-state index in [2.05, 4.69) is 4.98 Å². The number of nitrogens with two attached hydrogens (primary N) is 1. The molecule has 1 aromatic heterocycles. The third kappa shape index (κ3) is 2.69. The topological polar surface area (TPSA) is 88.0 Å². The molecule has 6 heteroatoms. The lowest BCUT2D eigenvalue weighted by Crippen LogP contribution is -2.27. The van der Waals surface area contributed by atoms with E-state index in [0.29, 0.717) is 24.6 Å². The molecule has 0 aliphatic rings. The summed E-state index contributed by atoms with van der Waals surface area (Å²) in [6, 6.07) is 9.84. The summed E-state index contributed by atoms with van der Waals surface area (Å²) in [4.78, 5) is 16.8. The fraction of sp³-hybridized carbons (Fsp3) is 0.214. The van der Waals surface area contributed by atoms with Gasteiger partial charge in [-0.05, 0) is 12.5 Å². The predicted octanol–water partition coefficient (Wildman–Crippen LogP) is 1.20. The second kappa shape index (κ2) is 6.01. The van der Waals surface area contributed by atoms with Gasteiger partial charge < -0.3 is 10.3 Å². The number of nitrogen functional groups attached to an aromatic ring is 1. The van der Waals surface area contributed by atoms with E-state index in [4.69, 9.17) is 11.1 Å². The second-order valence-electron chi connectivity index (χ2n) is 4.34. The molecular formula is C14H17N5O. The largest absolute Gasteiger partial charge is 0.382 e. The van der Waals surface area contributed by atoms with Gasteiger partial charge in [-0.3, -0.25) is 15.1 Å². The number of nitrogens with one attached hydrogen (secondary N) is 1. The van der Waals surface area contributed by atoms with Crippen LogP contribution in [0.15, 0.2) is 36.7 Å². The molecule has 0 spiro atoms. The van der Waals surface area contributed by atoms with Gasteiger partial charge in [0.15, 0.2) is 0 Å². The number of benzene rings is 1. The van der Waals surface area contributed by atoms with Crippen LogP contribution in [0.25, 0.3) is 0 Å². The van der Waals surface area contributed by atoms with Crippen LogP contribution in [-0.4, -0.2) is 28.3 Å². The number of amidine groups is 1. The second-order valence-corrected chi connectivity index (χ2v) is 4.34. The molecule has 0 aliphatic carbocycles. The van der Waals surface area contributed by atoms with Crippen molar-refractivity contribution in [3.8, 4) is 0 Å². The number of aromatic nitrogens is 2. The van der Waals surface area contributed by atoms with Crippen molar-refractivity contribution >= 4 is 18.1 Å². The van der Waals surface area contributed by atoms with E-state index in [1.54, 1.807) is 6.33 Å². The first-order chi connectivity index (χ1) is 9.67. The molecular weight excluding hydrogens is 254 g/mol. The van der Waals surface area contributed by atoms with Crippen molar-refractivity contribution in [1.82, 2.24) is 9.55 Å². The summed E-state index contributed by atoms with van der Waals surface area (Å²) in [6.07, 6.45) is 2.33. The van der Waals surface area contributed by atoms with Gasteiger partial charge in [-0.1, -0.05) is 30.3 Å². The Morgan fingerprint density at radius 2 is 2.15 bits per heavy atom. The van der Waals surface area contributed by atoms with E-state index in [-0.39, 0.29) is 5.84 Å². The van der Waals surface area contributed by atoms with Crippen LogP contribution in [0.2, 0.25) is 0 Å². The lowest BCUT2D eigenvalue weighted by atomic mass is 10.2. The maximum Gasteiger partial charge on any atom is 0.215 e. The quantitative estimate of drug-likeness (QED) is 0.470. The minimum absolute atomic E-state index is 0.146. The first-order valence-electron chi connectivity index (χ1n) is 6.32. The first-order valence-corrected chi connectivity index (χ1v) is 6.32. The average molecular weight is 271 g/mol. The van der Waals surface area contributed by atoms with Gasteiger partial charge in [0.1, 0.15) is 17.3 Å². The van der Waals surface area contributed by atoms with Crippen LogP contribution in [0.1, 0.15) is 18.2 Å². The number of hydrogen-bond acceptors (Lipinski definition) is 3. The third-order valence-corrected chi connectivity index (χ3v) is 3.00. The summed E-state index contributed by atoms with van der Waals surface area (Å²) in [5, 5.41) is 7.57. The molecule has 0 unspecified atom stereocenters. The molecule has 1 aromatic carbocycles. The number of imidazole rings is 1. The Balaban J connectivity index is 2.42.